The summed E-state index contributed by atoms with van der Waals surface area (Å²) in [5, 5.41) is 2.76. The van der Waals surface area contributed by atoms with Crippen LogP contribution in [0.1, 0.15) is 38.3 Å². The van der Waals surface area contributed by atoms with Crippen molar-refractivity contribution in [3.8, 4) is 0 Å². The molecule has 1 saturated heterocycles. The molecule has 1 aliphatic rings. The fraction of sp³-hybridized carbons (Fsp3) is 0.727. The molecular formula is C11H18N2OS. The maximum Gasteiger partial charge on any atom is 0.180 e. The van der Waals surface area contributed by atoms with Gasteiger partial charge in [-0.3, -0.25) is 0 Å². The van der Waals surface area contributed by atoms with Crippen LogP contribution in [-0.4, -0.2) is 17.7 Å². The number of aromatic nitrogens is 1. The molecule has 1 fully saturated rings. The van der Waals surface area contributed by atoms with Crippen LogP contribution in [0.4, 0.5) is 5.13 Å². The first kappa shape index (κ1) is 10.9. The predicted octanol–water partition coefficient (Wildman–Crippen LogP) is 2.64. The van der Waals surface area contributed by atoms with Crippen molar-refractivity contribution in [2.24, 2.45) is 5.92 Å². The number of hydrogen-bond donors (Lipinski definition) is 1. The van der Waals surface area contributed by atoms with Gasteiger partial charge in [-0.05, 0) is 18.8 Å². The van der Waals surface area contributed by atoms with Gasteiger partial charge in [0.2, 0.25) is 0 Å². The zero-order valence-electron chi connectivity index (χ0n) is 9.27. The molecule has 0 saturated carbocycles. The van der Waals surface area contributed by atoms with Gasteiger partial charge >= 0.3 is 0 Å². The molecule has 2 heterocycles. The number of anilines is 1. The molecule has 3 nitrogen and oxygen atoms in total. The van der Waals surface area contributed by atoms with Gasteiger partial charge in [-0.15, -0.1) is 11.3 Å². The fourth-order valence-electron chi connectivity index (χ4n) is 2.05. The molecule has 0 unspecified atom stereocenters. The van der Waals surface area contributed by atoms with Crippen molar-refractivity contribution in [2.75, 3.05) is 12.3 Å². The Balaban J connectivity index is 2.04. The second-order valence-electron chi connectivity index (χ2n) is 4.49. The highest BCUT2D eigenvalue weighted by molar-refractivity contribution is 7.13. The topological polar surface area (TPSA) is 48.1 Å². The molecule has 1 aliphatic heterocycles. The predicted molar refractivity (Wildman–Crippen MR) is 63.1 cm³/mol. The van der Waals surface area contributed by atoms with Crippen molar-refractivity contribution in [2.45, 2.75) is 38.7 Å². The van der Waals surface area contributed by atoms with Crippen LogP contribution in [-0.2, 0) is 4.74 Å². The maximum absolute atomic E-state index is 5.74. The van der Waals surface area contributed by atoms with E-state index >= 15 is 0 Å². The van der Waals surface area contributed by atoms with Crippen molar-refractivity contribution in [3.63, 3.8) is 0 Å². The third-order valence-corrected chi connectivity index (χ3v) is 3.71. The molecule has 1 aromatic rings. The average molecular weight is 226 g/mol. The molecule has 4 heteroatoms. The first-order valence-corrected chi connectivity index (χ1v) is 6.37. The van der Waals surface area contributed by atoms with E-state index < -0.39 is 0 Å². The molecule has 15 heavy (non-hydrogen) atoms. The summed E-state index contributed by atoms with van der Waals surface area (Å²) in [6, 6.07) is 0. The van der Waals surface area contributed by atoms with Gasteiger partial charge in [0.05, 0.1) is 11.8 Å². The van der Waals surface area contributed by atoms with Crippen LogP contribution in [0.5, 0.6) is 0 Å². The van der Waals surface area contributed by atoms with E-state index in [0.717, 1.165) is 25.1 Å². The molecule has 2 rings (SSSR count). The Bertz CT molecular complexity index is 324. The van der Waals surface area contributed by atoms with Crippen LogP contribution in [0.15, 0.2) is 5.38 Å². The fourth-order valence-corrected chi connectivity index (χ4v) is 2.69. The maximum atomic E-state index is 5.74. The highest BCUT2D eigenvalue weighted by atomic mass is 32.1. The Morgan fingerprint density at radius 1 is 1.60 bits per heavy atom. The van der Waals surface area contributed by atoms with E-state index in [-0.39, 0.29) is 0 Å². The molecule has 2 atom stereocenters. The van der Waals surface area contributed by atoms with Gasteiger partial charge in [-0.2, -0.15) is 0 Å². The number of ether oxygens (including phenoxy) is 1. The summed E-state index contributed by atoms with van der Waals surface area (Å²) in [4.78, 5) is 4.37. The molecule has 0 spiro atoms. The second-order valence-corrected chi connectivity index (χ2v) is 5.37. The zero-order valence-corrected chi connectivity index (χ0v) is 10.1. The number of nitrogen functional groups attached to an aromatic ring is 1. The SMILES string of the molecule is CC(C)[C@@H]1C[C@@H](c2csc(N)n2)CCO1. The summed E-state index contributed by atoms with van der Waals surface area (Å²) in [7, 11) is 0. The second kappa shape index (κ2) is 4.49. The summed E-state index contributed by atoms with van der Waals surface area (Å²) in [6.07, 6.45) is 2.54. The average Bonchev–Trinajstić information content (AvgIpc) is 2.65. The molecule has 0 amide bonds. The minimum atomic E-state index is 0.381. The van der Waals surface area contributed by atoms with Gasteiger partial charge < -0.3 is 10.5 Å². The Morgan fingerprint density at radius 2 is 2.40 bits per heavy atom. The minimum absolute atomic E-state index is 0.381. The quantitative estimate of drug-likeness (QED) is 0.843. The zero-order chi connectivity index (χ0) is 10.8. The Morgan fingerprint density at radius 3 is 3.00 bits per heavy atom. The standard InChI is InChI=1S/C11H18N2OS/c1-7(2)10-5-8(3-4-14-10)9-6-15-11(12)13-9/h6-8,10H,3-5H2,1-2H3,(H2,12,13)/t8-,10-/m0/s1. The third kappa shape index (κ3) is 2.49. The van der Waals surface area contributed by atoms with Crippen LogP contribution in [0.2, 0.25) is 0 Å². The molecule has 1 aromatic heterocycles. The minimum Gasteiger partial charge on any atom is -0.378 e. The highest BCUT2D eigenvalue weighted by Crippen LogP contribution is 2.33. The van der Waals surface area contributed by atoms with E-state index in [9.17, 15) is 0 Å². The lowest BCUT2D eigenvalue weighted by molar-refractivity contribution is -0.0206. The van der Waals surface area contributed by atoms with Crippen molar-refractivity contribution < 1.29 is 4.74 Å². The molecule has 0 aromatic carbocycles. The van der Waals surface area contributed by atoms with E-state index in [2.05, 4.69) is 24.2 Å². The number of nitrogens with two attached hydrogens (primary N) is 1. The van der Waals surface area contributed by atoms with E-state index in [0.29, 0.717) is 23.1 Å². The van der Waals surface area contributed by atoms with Gasteiger partial charge in [-0.1, -0.05) is 13.8 Å². The van der Waals surface area contributed by atoms with Crippen LogP contribution in [0.25, 0.3) is 0 Å². The van der Waals surface area contributed by atoms with Crippen molar-refractivity contribution in [1.29, 1.82) is 0 Å². The van der Waals surface area contributed by atoms with Gasteiger partial charge in [0, 0.05) is 17.9 Å². The smallest absolute Gasteiger partial charge is 0.180 e. The van der Waals surface area contributed by atoms with E-state index in [1.165, 1.54) is 11.3 Å². The molecule has 0 aliphatic carbocycles. The summed E-state index contributed by atoms with van der Waals surface area (Å²) in [6.45, 7) is 5.27. The summed E-state index contributed by atoms with van der Waals surface area (Å²) >= 11 is 1.53. The number of rotatable bonds is 2. The summed E-state index contributed by atoms with van der Waals surface area (Å²) in [5.41, 5.74) is 6.81. The van der Waals surface area contributed by atoms with Crippen molar-refractivity contribution >= 4 is 16.5 Å². The largest absolute Gasteiger partial charge is 0.378 e. The molecular weight excluding hydrogens is 208 g/mol. The van der Waals surface area contributed by atoms with Crippen LogP contribution in [0, 0.1) is 5.92 Å². The molecule has 2 N–H and O–H groups in total. The summed E-state index contributed by atoms with van der Waals surface area (Å²) in [5.74, 6) is 1.13. The lowest BCUT2D eigenvalue weighted by atomic mass is 9.88. The Hall–Kier alpha value is -0.610. The van der Waals surface area contributed by atoms with E-state index in [1.54, 1.807) is 0 Å². The molecule has 0 bridgehead atoms. The number of thiazole rings is 1. The first-order valence-electron chi connectivity index (χ1n) is 5.49. The number of hydrogen-bond acceptors (Lipinski definition) is 4. The molecule has 84 valence electrons. The van der Waals surface area contributed by atoms with Crippen molar-refractivity contribution in [3.05, 3.63) is 11.1 Å². The van der Waals surface area contributed by atoms with Gasteiger partial charge in [0.1, 0.15) is 0 Å². The van der Waals surface area contributed by atoms with E-state index in [1.807, 2.05) is 0 Å². The van der Waals surface area contributed by atoms with Crippen LogP contribution >= 0.6 is 11.3 Å². The highest BCUT2D eigenvalue weighted by Gasteiger charge is 2.27. The van der Waals surface area contributed by atoms with Gasteiger partial charge in [0.15, 0.2) is 5.13 Å². The third-order valence-electron chi connectivity index (χ3n) is 3.02. The normalized spacial score (nSPS) is 27.1. The van der Waals surface area contributed by atoms with Crippen LogP contribution in [0.3, 0.4) is 0 Å². The monoisotopic (exact) mass is 226 g/mol. The van der Waals surface area contributed by atoms with Gasteiger partial charge in [-0.25, -0.2) is 4.98 Å². The Kier molecular flexibility index (Phi) is 3.26. The lowest BCUT2D eigenvalue weighted by Gasteiger charge is -2.31. The Labute approximate surface area is 94.7 Å². The number of nitrogens with zero attached hydrogens (tertiary/aromatic N) is 1. The molecule has 0 radical (unpaired) electrons. The van der Waals surface area contributed by atoms with E-state index in [4.69, 9.17) is 10.5 Å². The van der Waals surface area contributed by atoms with Gasteiger partial charge in [0.25, 0.3) is 0 Å². The van der Waals surface area contributed by atoms with Crippen molar-refractivity contribution in [1.82, 2.24) is 4.98 Å². The van der Waals surface area contributed by atoms with Crippen LogP contribution < -0.4 is 5.73 Å². The lowest BCUT2D eigenvalue weighted by Crippen LogP contribution is -2.28. The summed E-state index contributed by atoms with van der Waals surface area (Å²) < 4.78 is 5.74. The first-order chi connectivity index (χ1) is 7.16.